The number of amides is 2. The molecular formula is C20H36N2O5. The molecule has 0 heterocycles. The minimum atomic E-state index is -1.03. The van der Waals surface area contributed by atoms with Gasteiger partial charge in [-0.15, -0.1) is 0 Å². The van der Waals surface area contributed by atoms with Gasteiger partial charge in [0.25, 0.3) is 0 Å². The van der Waals surface area contributed by atoms with Crippen LogP contribution >= 0.6 is 0 Å². The van der Waals surface area contributed by atoms with Gasteiger partial charge in [0.1, 0.15) is 11.6 Å². The van der Waals surface area contributed by atoms with Crippen LogP contribution in [0.1, 0.15) is 62.3 Å². The normalized spacial score (nSPS) is 15.1. The van der Waals surface area contributed by atoms with Gasteiger partial charge in [-0.2, -0.15) is 0 Å². The van der Waals surface area contributed by atoms with Crippen molar-refractivity contribution >= 4 is 18.0 Å². The standard InChI is InChI=1S/C20H36N2O5/c1-12(2)14(11-13(3)17(24)25)22(10)16(23)15(19(4,5)6)21-18(26)27-20(7,8)9/h11-12,14-15H,1-10H3,(H,21,26)(H,24,25)/t14?,15-/m1/s1. The van der Waals surface area contributed by atoms with Crippen LogP contribution in [-0.2, 0) is 14.3 Å². The average molecular weight is 385 g/mol. The minimum Gasteiger partial charge on any atom is -0.478 e. The number of aliphatic carboxylic acids is 1. The fourth-order valence-corrected chi connectivity index (χ4v) is 2.50. The largest absolute Gasteiger partial charge is 0.478 e. The molecule has 7 heteroatoms. The molecule has 0 fully saturated rings. The maximum absolute atomic E-state index is 13.2. The number of hydrogen-bond donors (Lipinski definition) is 2. The first-order chi connectivity index (χ1) is 12.0. The predicted molar refractivity (Wildman–Crippen MR) is 105 cm³/mol. The highest BCUT2D eigenvalue weighted by Crippen LogP contribution is 2.24. The molecule has 0 aliphatic heterocycles. The SMILES string of the molecule is CC(=CC(C(C)C)N(C)C(=O)[C@@H](NC(=O)OC(C)(C)C)C(C)(C)C)C(=O)O. The Morgan fingerprint density at radius 2 is 1.56 bits per heavy atom. The summed E-state index contributed by atoms with van der Waals surface area (Å²) in [6.07, 6.45) is 0.903. The highest BCUT2D eigenvalue weighted by atomic mass is 16.6. The zero-order chi connectivity index (χ0) is 21.7. The van der Waals surface area contributed by atoms with Crippen LogP contribution in [0.3, 0.4) is 0 Å². The Morgan fingerprint density at radius 3 is 1.89 bits per heavy atom. The predicted octanol–water partition coefficient (Wildman–Crippen LogP) is 3.44. The molecule has 2 N–H and O–H groups in total. The number of nitrogens with one attached hydrogen (secondary N) is 1. The number of hydrogen-bond acceptors (Lipinski definition) is 4. The fourth-order valence-electron chi connectivity index (χ4n) is 2.50. The van der Waals surface area contributed by atoms with Gasteiger partial charge in [0.2, 0.25) is 5.91 Å². The first-order valence-electron chi connectivity index (χ1n) is 9.15. The monoisotopic (exact) mass is 384 g/mol. The van der Waals surface area contributed by atoms with Gasteiger partial charge in [0, 0.05) is 12.6 Å². The van der Waals surface area contributed by atoms with Crippen molar-refractivity contribution in [2.45, 2.75) is 80.0 Å². The fraction of sp³-hybridized carbons (Fsp3) is 0.750. The average Bonchev–Trinajstić information content (AvgIpc) is 2.45. The molecule has 0 rings (SSSR count). The van der Waals surface area contributed by atoms with E-state index in [0.29, 0.717) is 0 Å². The van der Waals surface area contributed by atoms with E-state index in [2.05, 4.69) is 5.32 Å². The number of nitrogens with zero attached hydrogens (tertiary/aromatic N) is 1. The summed E-state index contributed by atoms with van der Waals surface area (Å²) in [7, 11) is 1.62. The van der Waals surface area contributed by atoms with E-state index in [0.717, 1.165) is 0 Å². The summed E-state index contributed by atoms with van der Waals surface area (Å²) in [4.78, 5) is 38.1. The van der Waals surface area contributed by atoms with Crippen LogP contribution in [0.2, 0.25) is 0 Å². The Kier molecular flexibility index (Phi) is 8.54. The molecule has 0 aliphatic rings. The molecule has 0 saturated heterocycles. The molecule has 0 aromatic heterocycles. The van der Waals surface area contributed by atoms with Gasteiger partial charge in [-0.25, -0.2) is 9.59 Å². The van der Waals surface area contributed by atoms with Crippen molar-refractivity contribution in [3.63, 3.8) is 0 Å². The highest BCUT2D eigenvalue weighted by molar-refractivity contribution is 5.88. The number of ether oxygens (including phenoxy) is 1. The smallest absolute Gasteiger partial charge is 0.408 e. The van der Waals surface area contributed by atoms with Crippen LogP contribution in [-0.4, -0.2) is 52.7 Å². The number of alkyl carbamates (subject to hydrolysis) is 1. The van der Waals surface area contributed by atoms with Crippen molar-refractivity contribution < 1.29 is 24.2 Å². The molecule has 1 unspecified atom stereocenters. The number of likely N-dealkylation sites (N-methyl/N-ethyl adjacent to an activating group) is 1. The van der Waals surface area contributed by atoms with Gasteiger partial charge >= 0.3 is 12.1 Å². The molecule has 0 saturated carbocycles. The third-order valence-corrected chi connectivity index (χ3v) is 4.01. The van der Waals surface area contributed by atoms with Crippen molar-refractivity contribution in [3.8, 4) is 0 Å². The molecule has 0 radical (unpaired) electrons. The summed E-state index contributed by atoms with van der Waals surface area (Å²) in [6, 6.07) is -1.24. The Labute approximate surface area is 163 Å². The first kappa shape index (κ1) is 24.9. The zero-order valence-electron chi connectivity index (χ0n) is 18.3. The van der Waals surface area contributed by atoms with E-state index in [1.807, 2.05) is 34.6 Å². The van der Waals surface area contributed by atoms with Crippen molar-refractivity contribution in [1.82, 2.24) is 10.2 Å². The molecule has 0 aromatic carbocycles. The molecule has 0 spiro atoms. The number of carboxylic acids is 1. The zero-order valence-corrected chi connectivity index (χ0v) is 18.3. The maximum Gasteiger partial charge on any atom is 0.408 e. The second-order valence-electron chi connectivity index (χ2n) is 9.28. The van der Waals surface area contributed by atoms with Crippen LogP contribution < -0.4 is 5.32 Å². The second-order valence-corrected chi connectivity index (χ2v) is 9.28. The van der Waals surface area contributed by atoms with Gasteiger partial charge in [0.05, 0.1) is 6.04 Å². The maximum atomic E-state index is 13.2. The van der Waals surface area contributed by atoms with E-state index < -0.39 is 35.2 Å². The lowest BCUT2D eigenvalue weighted by Gasteiger charge is -2.37. The molecule has 0 aliphatic carbocycles. The van der Waals surface area contributed by atoms with E-state index in [1.165, 1.54) is 11.8 Å². The molecular weight excluding hydrogens is 348 g/mol. The summed E-state index contributed by atoms with van der Waals surface area (Å²) < 4.78 is 5.29. The van der Waals surface area contributed by atoms with Gasteiger partial charge in [-0.05, 0) is 39.0 Å². The van der Waals surface area contributed by atoms with E-state index >= 15 is 0 Å². The lowest BCUT2D eigenvalue weighted by atomic mass is 9.85. The van der Waals surface area contributed by atoms with E-state index in [-0.39, 0.29) is 17.4 Å². The first-order valence-corrected chi connectivity index (χ1v) is 9.15. The lowest BCUT2D eigenvalue weighted by molar-refractivity contribution is -0.137. The molecule has 27 heavy (non-hydrogen) atoms. The number of rotatable bonds is 6. The molecule has 2 amide bonds. The molecule has 7 nitrogen and oxygen atoms in total. The summed E-state index contributed by atoms with van der Waals surface area (Å²) >= 11 is 0. The Morgan fingerprint density at radius 1 is 1.07 bits per heavy atom. The van der Waals surface area contributed by atoms with Crippen LogP contribution in [0.4, 0.5) is 4.79 Å². The van der Waals surface area contributed by atoms with Crippen molar-refractivity contribution in [3.05, 3.63) is 11.6 Å². The van der Waals surface area contributed by atoms with Crippen LogP contribution in [0.5, 0.6) is 0 Å². The molecule has 0 aromatic rings. The third kappa shape index (κ3) is 8.45. The van der Waals surface area contributed by atoms with E-state index in [4.69, 9.17) is 9.84 Å². The number of carbonyl (C=O) groups is 3. The Hall–Kier alpha value is -2.05. The van der Waals surface area contributed by atoms with Gasteiger partial charge < -0.3 is 20.1 Å². The van der Waals surface area contributed by atoms with Crippen molar-refractivity contribution in [2.24, 2.45) is 11.3 Å². The van der Waals surface area contributed by atoms with Gasteiger partial charge in [-0.3, -0.25) is 4.79 Å². The minimum absolute atomic E-state index is 0.00426. The van der Waals surface area contributed by atoms with E-state index in [9.17, 15) is 14.4 Å². The van der Waals surface area contributed by atoms with E-state index in [1.54, 1.807) is 33.9 Å². The van der Waals surface area contributed by atoms with Crippen molar-refractivity contribution in [1.29, 1.82) is 0 Å². The van der Waals surface area contributed by atoms with Gasteiger partial charge in [0.15, 0.2) is 0 Å². The number of carboxylic acid groups (broad SMARTS) is 1. The van der Waals surface area contributed by atoms with Crippen molar-refractivity contribution in [2.75, 3.05) is 7.05 Å². The second kappa shape index (κ2) is 9.24. The van der Waals surface area contributed by atoms with Crippen LogP contribution in [0, 0.1) is 11.3 Å². The summed E-state index contributed by atoms with van der Waals surface area (Å²) in [5.74, 6) is -1.34. The molecule has 2 atom stereocenters. The number of carbonyl (C=O) groups excluding carboxylic acids is 2. The molecule has 0 bridgehead atoms. The summed E-state index contributed by atoms with van der Waals surface area (Å²) in [5.41, 5.74) is -1.07. The lowest BCUT2D eigenvalue weighted by Crippen LogP contribution is -2.56. The van der Waals surface area contributed by atoms with Gasteiger partial charge in [-0.1, -0.05) is 40.7 Å². The topological polar surface area (TPSA) is 95.9 Å². The quantitative estimate of drug-likeness (QED) is 0.684. The summed E-state index contributed by atoms with van der Waals surface area (Å²) in [5, 5.41) is 11.8. The Balaban J connectivity index is 5.67. The highest BCUT2D eigenvalue weighted by Gasteiger charge is 2.37. The Bertz CT molecular complexity index is 582. The van der Waals surface area contributed by atoms with Crippen LogP contribution in [0.15, 0.2) is 11.6 Å². The molecule has 156 valence electrons. The summed E-state index contributed by atoms with van der Waals surface area (Å²) in [6.45, 7) is 16.1. The van der Waals surface area contributed by atoms with Crippen LogP contribution in [0.25, 0.3) is 0 Å². The third-order valence-electron chi connectivity index (χ3n) is 4.01.